The van der Waals surface area contributed by atoms with Gasteiger partial charge in [0.25, 0.3) is 0 Å². The van der Waals surface area contributed by atoms with E-state index in [0.717, 1.165) is 57.8 Å². The molecule has 0 aromatic heterocycles. The molecule has 22 heavy (non-hydrogen) atoms. The van der Waals surface area contributed by atoms with E-state index in [1.807, 2.05) is 6.08 Å². The standard InChI is InChI=1S/C18H34O4/c1-2-3-12-15-18(21,22)16-13-10-8-6-4-5-7-9-11-14-17(19)20/h8,10,21-22H,2-7,9,11-16H2,1H3,(H,19,20)/b10-8-. The fraction of sp³-hybridized carbons (Fsp3) is 0.833. The fourth-order valence-electron chi connectivity index (χ4n) is 2.40. The zero-order valence-electron chi connectivity index (χ0n) is 14.1. The normalized spacial score (nSPS) is 12.1. The van der Waals surface area contributed by atoms with Crippen molar-refractivity contribution in [1.82, 2.24) is 0 Å². The lowest BCUT2D eigenvalue weighted by molar-refractivity contribution is -0.170. The molecule has 0 saturated heterocycles. The molecule has 0 aromatic carbocycles. The summed E-state index contributed by atoms with van der Waals surface area (Å²) in [7, 11) is 0. The Hall–Kier alpha value is -0.870. The summed E-state index contributed by atoms with van der Waals surface area (Å²) < 4.78 is 0. The van der Waals surface area contributed by atoms with Crippen LogP contribution in [0.25, 0.3) is 0 Å². The van der Waals surface area contributed by atoms with Crippen LogP contribution in [0, 0.1) is 0 Å². The number of rotatable bonds is 15. The number of carboxylic acid groups (broad SMARTS) is 1. The number of carbonyl (C=O) groups is 1. The van der Waals surface area contributed by atoms with E-state index >= 15 is 0 Å². The van der Waals surface area contributed by atoms with Crippen molar-refractivity contribution in [3.63, 3.8) is 0 Å². The van der Waals surface area contributed by atoms with Gasteiger partial charge < -0.3 is 15.3 Å². The average molecular weight is 314 g/mol. The van der Waals surface area contributed by atoms with Gasteiger partial charge >= 0.3 is 5.97 Å². The second kappa shape index (κ2) is 13.8. The van der Waals surface area contributed by atoms with E-state index in [9.17, 15) is 15.0 Å². The van der Waals surface area contributed by atoms with Crippen LogP contribution in [0.2, 0.25) is 0 Å². The van der Waals surface area contributed by atoms with E-state index in [-0.39, 0.29) is 6.42 Å². The Morgan fingerprint density at radius 1 is 0.864 bits per heavy atom. The second-order valence-electron chi connectivity index (χ2n) is 6.15. The molecule has 3 N–H and O–H groups in total. The van der Waals surface area contributed by atoms with E-state index in [4.69, 9.17) is 5.11 Å². The SMILES string of the molecule is CCCCCC(O)(O)CC/C=C\CCCCCCCC(=O)O. The maximum absolute atomic E-state index is 10.3. The van der Waals surface area contributed by atoms with Gasteiger partial charge in [0.05, 0.1) is 0 Å². The fourth-order valence-corrected chi connectivity index (χ4v) is 2.40. The molecule has 0 aliphatic heterocycles. The lowest BCUT2D eigenvalue weighted by Crippen LogP contribution is -2.27. The minimum Gasteiger partial charge on any atom is -0.481 e. The predicted octanol–water partition coefficient (Wildman–Crippen LogP) is 4.40. The van der Waals surface area contributed by atoms with Gasteiger partial charge in [0.1, 0.15) is 0 Å². The minimum atomic E-state index is -1.51. The Bertz CT molecular complexity index is 297. The Morgan fingerprint density at radius 2 is 1.50 bits per heavy atom. The molecule has 0 unspecified atom stereocenters. The first-order valence-corrected chi connectivity index (χ1v) is 8.79. The number of carboxylic acids is 1. The molecule has 0 bridgehead atoms. The number of hydrogen-bond acceptors (Lipinski definition) is 3. The van der Waals surface area contributed by atoms with Gasteiger partial charge in [-0.3, -0.25) is 4.79 Å². The largest absolute Gasteiger partial charge is 0.481 e. The number of allylic oxidation sites excluding steroid dienone is 2. The van der Waals surface area contributed by atoms with Crippen LogP contribution in [-0.2, 0) is 4.79 Å². The molecule has 0 aliphatic carbocycles. The highest BCUT2D eigenvalue weighted by atomic mass is 16.5. The smallest absolute Gasteiger partial charge is 0.303 e. The molecule has 0 amide bonds. The van der Waals surface area contributed by atoms with Crippen LogP contribution < -0.4 is 0 Å². The van der Waals surface area contributed by atoms with Crippen molar-refractivity contribution in [3.8, 4) is 0 Å². The maximum atomic E-state index is 10.3. The molecule has 0 aromatic rings. The topological polar surface area (TPSA) is 77.8 Å². The van der Waals surface area contributed by atoms with Gasteiger partial charge in [0.15, 0.2) is 5.79 Å². The van der Waals surface area contributed by atoms with Crippen LogP contribution in [0.1, 0.15) is 90.4 Å². The molecule has 4 nitrogen and oxygen atoms in total. The average Bonchev–Trinajstić information content (AvgIpc) is 2.44. The molecule has 130 valence electrons. The maximum Gasteiger partial charge on any atom is 0.303 e. The van der Waals surface area contributed by atoms with Gasteiger partial charge in [-0.1, -0.05) is 51.2 Å². The van der Waals surface area contributed by atoms with Crippen molar-refractivity contribution in [3.05, 3.63) is 12.2 Å². The van der Waals surface area contributed by atoms with E-state index in [0.29, 0.717) is 19.3 Å². The summed E-state index contributed by atoms with van der Waals surface area (Å²) in [5, 5.41) is 28.1. The molecular formula is C18H34O4. The van der Waals surface area contributed by atoms with Crippen LogP contribution in [0.3, 0.4) is 0 Å². The summed E-state index contributed by atoms with van der Waals surface area (Å²) in [5.74, 6) is -2.22. The molecular weight excluding hydrogens is 280 g/mol. The zero-order valence-corrected chi connectivity index (χ0v) is 14.1. The third-order valence-electron chi connectivity index (χ3n) is 3.82. The first kappa shape index (κ1) is 21.1. The molecule has 0 heterocycles. The van der Waals surface area contributed by atoms with Crippen LogP contribution in [0.15, 0.2) is 12.2 Å². The summed E-state index contributed by atoms with van der Waals surface area (Å²) >= 11 is 0. The number of hydrogen-bond donors (Lipinski definition) is 3. The van der Waals surface area contributed by atoms with Crippen molar-refractivity contribution < 1.29 is 20.1 Å². The van der Waals surface area contributed by atoms with Crippen molar-refractivity contribution >= 4 is 5.97 Å². The number of aliphatic carboxylic acids is 1. The molecule has 0 atom stereocenters. The lowest BCUT2D eigenvalue weighted by atomic mass is 10.0. The Labute approximate surface area is 135 Å². The Kier molecular flexibility index (Phi) is 13.2. The van der Waals surface area contributed by atoms with Gasteiger partial charge in [0, 0.05) is 19.3 Å². The molecule has 0 rings (SSSR count). The highest BCUT2D eigenvalue weighted by Crippen LogP contribution is 2.18. The van der Waals surface area contributed by atoms with Crippen LogP contribution in [0.4, 0.5) is 0 Å². The Balaban J connectivity index is 3.41. The predicted molar refractivity (Wildman–Crippen MR) is 89.6 cm³/mol. The van der Waals surface area contributed by atoms with Crippen molar-refractivity contribution in [2.75, 3.05) is 0 Å². The van der Waals surface area contributed by atoms with E-state index < -0.39 is 11.8 Å². The molecule has 0 fully saturated rings. The van der Waals surface area contributed by atoms with Crippen molar-refractivity contribution in [2.24, 2.45) is 0 Å². The quantitative estimate of drug-likeness (QED) is 0.238. The first-order chi connectivity index (χ1) is 10.5. The number of unbranched alkanes of at least 4 members (excludes halogenated alkanes) is 7. The molecule has 0 saturated carbocycles. The third-order valence-corrected chi connectivity index (χ3v) is 3.82. The molecule has 4 heteroatoms. The van der Waals surface area contributed by atoms with E-state index in [1.165, 1.54) is 0 Å². The van der Waals surface area contributed by atoms with Crippen molar-refractivity contribution in [2.45, 2.75) is 96.2 Å². The third kappa shape index (κ3) is 15.5. The minimum absolute atomic E-state index is 0.280. The van der Waals surface area contributed by atoms with Gasteiger partial charge in [-0.15, -0.1) is 0 Å². The first-order valence-electron chi connectivity index (χ1n) is 8.79. The van der Waals surface area contributed by atoms with E-state index in [2.05, 4.69) is 13.0 Å². The van der Waals surface area contributed by atoms with Gasteiger partial charge in [-0.25, -0.2) is 0 Å². The highest BCUT2D eigenvalue weighted by molar-refractivity contribution is 5.66. The number of aliphatic hydroxyl groups is 2. The van der Waals surface area contributed by atoms with Gasteiger partial charge in [0.2, 0.25) is 0 Å². The monoisotopic (exact) mass is 314 g/mol. The molecule has 0 aliphatic rings. The lowest BCUT2D eigenvalue weighted by Gasteiger charge is -2.20. The summed E-state index contributed by atoms with van der Waals surface area (Å²) in [6, 6.07) is 0. The zero-order chi connectivity index (χ0) is 16.7. The van der Waals surface area contributed by atoms with Crippen LogP contribution in [-0.4, -0.2) is 27.1 Å². The van der Waals surface area contributed by atoms with Crippen LogP contribution >= 0.6 is 0 Å². The molecule has 0 spiro atoms. The molecule has 0 radical (unpaired) electrons. The highest BCUT2D eigenvalue weighted by Gasteiger charge is 2.20. The summed E-state index contributed by atoms with van der Waals surface area (Å²) in [4.78, 5) is 10.3. The Morgan fingerprint density at radius 3 is 2.18 bits per heavy atom. The van der Waals surface area contributed by atoms with Crippen molar-refractivity contribution in [1.29, 1.82) is 0 Å². The summed E-state index contributed by atoms with van der Waals surface area (Å²) in [6.07, 6.45) is 15.1. The summed E-state index contributed by atoms with van der Waals surface area (Å²) in [5.41, 5.74) is 0. The second-order valence-corrected chi connectivity index (χ2v) is 6.15. The summed E-state index contributed by atoms with van der Waals surface area (Å²) in [6.45, 7) is 2.10. The van der Waals surface area contributed by atoms with Gasteiger partial charge in [-0.05, 0) is 32.1 Å². The van der Waals surface area contributed by atoms with E-state index in [1.54, 1.807) is 0 Å². The van der Waals surface area contributed by atoms with Gasteiger partial charge in [-0.2, -0.15) is 0 Å². The van der Waals surface area contributed by atoms with Crippen LogP contribution in [0.5, 0.6) is 0 Å².